The second kappa shape index (κ2) is 7.28. The highest BCUT2D eigenvalue weighted by molar-refractivity contribution is 7.20. The molecular formula is C24H18N2O5S. The summed E-state index contributed by atoms with van der Waals surface area (Å²) in [6.07, 6.45) is 0. The Morgan fingerprint density at radius 1 is 1.03 bits per heavy atom. The van der Waals surface area contributed by atoms with Gasteiger partial charge in [0.05, 0.1) is 21.5 Å². The first-order valence-corrected chi connectivity index (χ1v) is 10.6. The Morgan fingerprint density at radius 2 is 1.84 bits per heavy atom. The Balaban J connectivity index is 1.82. The van der Waals surface area contributed by atoms with E-state index in [1.165, 1.54) is 34.1 Å². The van der Waals surface area contributed by atoms with Crippen LogP contribution in [0.1, 0.15) is 27.4 Å². The van der Waals surface area contributed by atoms with Gasteiger partial charge in [-0.25, -0.2) is 4.98 Å². The van der Waals surface area contributed by atoms with Crippen molar-refractivity contribution in [2.45, 2.75) is 13.8 Å². The molecule has 0 aliphatic carbocycles. The summed E-state index contributed by atoms with van der Waals surface area (Å²) in [6.45, 7) is 3.68. The molecule has 0 radical (unpaired) electrons. The summed E-state index contributed by atoms with van der Waals surface area (Å²) < 4.78 is 7.69. The summed E-state index contributed by atoms with van der Waals surface area (Å²) in [5.74, 6) is -1.17. The third-order valence-corrected chi connectivity index (χ3v) is 6.16. The van der Waals surface area contributed by atoms with E-state index < -0.39 is 17.4 Å². The van der Waals surface area contributed by atoms with Crippen LogP contribution in [0.15, 0.2) is 59.0 Å². The van der Waals surface area contributed by atoms with Crippen LogP contribution in [0.3, 0.4) is 0 Å². The first-order chi connectivity index (χ1) is 15.3. The molecule has 0 unspecified atom stereocenters. The van der Waals surface area contributed by atoms with Gasteiger partial charge in [0.1, 0.15) is 11.5 Å². The van der Waals surface area contributed by atoms with Crippen LogP contribution in [-0.4, -0.2) is 30.7 Å². The van der Waals surface area contributed by atoms with Gasteiger partial charge in [0.15, 0.2) is 16.6 Å². The first kappa shape index (κ1) is 19.9. The van der Waals surface area contributed by atoms with E-state index >= 15 is 0 Å². The predicted molar refractivity (Wildman–Crippen MR) is 121 cm³/mol. The van der Waals surface area contributed by atoms with Gasteiger partial charge in [-0.2, -0.15) is 0 Å². The summed E-state index contributed by atoms with van der Waals surface area (Å²) in [5, 5.41) is 32.2. The Bertz CT molecular complexity index is 1510. The molecule has 160 valence electrons. The number of ketones is 1. The highest BCUT2D eigenvalue weighted by Crippen LogP contribution is 2.45. The monoisotopic (exact) mass is 446 g/mol. The lowest BCUT2D eigenvalue weighted by Crippen LogP contribution is -2.04. The van der Waals surface area contributed by atoms with Crippen molar-refractivity contribution in [1.82, 2.24) is 9.55 Å². The number of aromatic nitrogens is 2. The van der Waals surface area contributed by atoms with E-state index in [0.717, 1.165) is 15.8 Å². The van der Waals surface area contributed by atoms with Crippen molar-refractivity contribution in [3.05, 3.63) is 77.2 Å². The van der Waals surface area contributed by atoms with E-state index in [1.807, 2.05) is 25.1 Å². The second-order valence-electron chi connectivity index (χ2n) is 7.49. The molecule has 0 aliphatic heterocycles. The number of thiazole rings is 1. The minimum atomic E-state index is -0.597. The number of nitrogens with zero attached hydrogens (tertiary/aromatic N) is 2. The van der Waals surface area contributed by atoms with Gasteiger partial charge in [-0.1, -0.05) is 29.5 Å². The van der Waals surface area contributed by atoms with Crippen molar-refractivity contribution in [1.29, 1.82) is 0 Å². The molecule has 0 spiro atoms. The lowest BCUT2D eigenvalue weighted by molar-refractivity contribution is 0.101. The Kier molecular flexibility index (Phi) is 4.53. The molecular weight excluding hydrogens is 428 g/mol. The van der Waals surface area contributed by atoms with Crippen molar-refractivity contribution in [3.8, 4) is 33.8 Å². The van der Waals surface area contributed by atoms with E-state index in [-0.39, 0.29) is 22.8 Å². The zero-order valence-corrected chi connectivity index (χ0v) is 18.0. The van der Waals surface area contributed by atoms with Crippen LogP contribution >= 0.6 is 11.3 Å². The Hall–Kier alpha value is -4.04. The summed E-state index contributed by atoms with van der Waals surface area (Å²) in [6, 6.07) is 15.2. The molecule has 0 saturated heterocycles. The molecule has 0 saturated carbocycles. The normalized spacial score (nSPS) is 11.3. The summed E-state index contributed by atoms with van der Waals surface area (Å²) in [4.78, 5) is 17.9. The van der Waals surface area contributed by atoms with E-state index in [0.29, 0.717) is 16.5 Å². The van der Waals surface area contributed by atoms with Crippen molar-refractivity contribution in [2.75, 3.05) is 0 Å². The molecule has 8 heteroatoms. The molecule has 0 bridgehead atoms. The lowest BCUT2D eigenvalue weighted by atomic mass is 10.0. The number of phenols is 1. The summed E-state index contributed by atoms with van der Waals surface area (Å²) >= 11 is 1.31. The molecule has 0 fully saturated rings. The number of benzene rings is 2. The van der Waals surface area contributed by atoms with Gasteiger partial charge in [0.2, 0.25) is 11.7 Å². The minimum absolute atomic E-state index is 0.0243. The molecule has 2 aromatic carbocycles. The van der Waals surface area contributed by atoms with Crippen molar-refractivity contribution in [3.63, 3.8) is 0 Å². The van der Waals surface area contributed by atoms with E-state index in [4.69, 9.17) is 4.42 Å². The van der Waals surface area contributed by atoms with Gasteiger partial charge in [-0.3, -0.25) is 9.36 Å². The predicted octanol–water partition coefficient (Wildman–Crippen LogP) is 5.31. The number of hydrogen-bond acceptors (Lipinski definition) is 7. The standard InChI is InChI=1S/C24H18N2O5S/c1-12-6-8-16-18(10-12)32-24(25-16)26-20(14-4-3-5-15(27)11-14)19(22(29)23(26)30)21(28)17-9-7-13(2)31-17/h3-11,27,29-30H,1-2H3. The smallest absolute Gasteiger partial charge is 0.242 e. The highest BCUT2D eigenvalue weighted by Gasteiger charge is 2.32. The largest absolute Gasteiger partial charge is 0.508 e. The fourth-order valence-corrected chi connectivity index (χ4v) is 4.74. The van der Waals surface area contributed by atoms with Gasteiger partial charge in [-0.05, 0) is 55.8 Å². The van der Waals surface area contributed by atoms with Gasteiger partial charge in [-0.15, -0.1) is 0 Å². The van der Waals surface area contributed by atoms with E-state index in [2.05, 4.69) is 4.98 Å². The average Bonchev–Trinajstić information content (AvgIpc) is 3.44. The van der Waals surface area contributed by atoms with Crippen LogP contribution < -0.4 is 0 Å². The maximum atomic E-state index is 13.3. The topological polar surface area (TPSA) is 109 Å². The van der Waals surface area contributed by atoms with Crippen LogP contribution in [0.25, 0.3) is 26.6 Å². The van der Waals surface area contributed by atoms with E-state index in [9.17, 15) is 20.1 Å². The van der Waals surface area contributed by atoms with Crippen LogP contribution in [-0.2, 0) is 0 Å². The highest BCUT2D eigenvalue weighted by atomic mass is 32.1. The van der Waals surface area contributed by atoms with Crippen LogP contribution in [0.4, 0.5) is 0 Å². The maximum absolute atomic E-state index is 13.3. The van der Waals surface area contributed by atoms with Gasteiger partial charge in [0.25, 0.3) is 0 Å². The molecule has 3 heterocycles. The minimum Gasteiger partial charge on any atom is -0.508 e. The fraction of sp³-hybridized carbons (Fsp3) is 0.0833. The number of carbonyl (C=O) groups excluding carboxylic acids is 1. The molecule has 0 aliphatic rings. The number of carbonyl (C=O) groups is 1. The number of fused-ring (bicyclic) bond motifs is 1. The molecule has 3 aromatic heterocycles. The van der Waals surface area contributed by atoms with Crippen molar-refractivity contribution < 1.29 is 24.5 Å². The third kappa shape index (κ3) is 3.12. The number of phenolic OH excluding ortho intramolecular Hbond substituents is 1. The number of aromatic hydroxyl groups is 3. The van der Waals surface area contributed by atoms with Crippen LogP contribution in [0, 0.1) is 13.8 Å². The van der Waals surface area contributed by atoms with Gasteiger partial charge < -0.3 is 19.7 Å². The van der Waals surface area contributed by atoms with Crippen LogP contribution in [0.2, 0.25) is 0 Å². The number of rotatable bonds is 4. The van der Waals surface area contributed by atoms with Crippen molar-refractivity contribution >= 4 is 27.3 Å². The zero-order valence-electron chi connectivity index (χ0n) is 17.2. The Labute approximate surface area is 186 Å². The van der Waals surface area contributed by atoms with Crippen LogP contribution in [0.5, 0.6) is 17.4 Å². The molecule has 5 rings (SSSR count). The summed E-state index contributed by atoms with van der Waals surface area (Å²) in [7, 11) is 0. The SMILES string of the molecule is Cc1ccc2nc(-n3c(O)c(O)c(C(=O)c4ccc(C)o4)c3-c3cccc(O)c3)sc2c1. The van der Waals surface area contributed by atoms with Crippen molar-refractivity contribution in [2.24, 2.45) is 0 Å². The number of aryl methyl sites for hydroxylation is 2. The Morgan fingerprint density at radius 3 is 2.56 bits per heavy atom. The molecule has 32 heavy (non-hydrogen) atoms. The lowest BCUT2D eigenvalue weighted by Gasteiger charge is -2.09. The molecule has 7 nitrogen and oxygen atoms in total. The fourth-order valence-electron chi connectivity index (χ4n) is 3.67. The molecule has 5 aromatic rings. The average molecular weight is 446 g/mol. The summed E-state index contributed by atoms with van der Waals surface area (Å²) in [5.41, 5.74) is 2.26. The molecule has 3 N–H and O–H groups in total. The molecule has 0 atom stereocenters. The third-order valence-electron chi connectivity index (χ3n) is 5.16. The number of furan rings is 1. The van der Waals surface area contributed by atoms with Gasteiger partial charge >= 0.3 is 0 Å². The van der Waals surface area contributed by atoms with Gasteiger partial charge in [0, 0.05) is 5.56 Å². The number of hydrogen-bond donors (Lipinski definition) is 3. The second-order valence-corrected chi connectivity index (χ2v) is 8.50. The first-order valence-electron chi connectivity index (χ1n) is 9.78. The van der Waals surface area contributed by atoms with E-state index in [1.54, 1.807) is 25.1 Å². The maximum Gasteiger partial charge on any atom is 0.242 e. The zero-order chi connectivity index (χ0) is 22.6. The molecule has 0 amide bonds. The quantitative estimate of drug-likeness (QED) is 0.323.